The van der Waals surface area contributed by atoms with Crippen LogP contribution in [-0.4, -0.2) is 24.8 Å². The van der Waals surface area contributed by atoms with Crippen LogP contribution in [0.25, 0.3) is 11.1 Å². The second kappa shape index (κ2) is 6.08. The van der Waals surface area contributed by atoms with Crippen molar-refractivity contribution in [3.8, 4) is 22.6 Å². The lowest BCUT2D eigenvalue weighted by atomic mass is 10.0. The third-order valence-electron chi connectivity index (χ3n) is 2.72. The maximum atomic E-state index is 12.0. The van der Waals surface area contributed by atoms with Crippen molar-refractivity contribution < 1.29 is 23.9 Å². The molecule has 110 valence electrons. The summed E-state index contributed by atoms with van der Waals surface area (Å²) in [6.45, 7) is 1.72. The molecule has 2 rings (SSSR count). The Morgan fingerprint density at radius 1 is 1.33 bits per heavy atom. The fourth-order valence-electron chi connectivity index (χ4n) is 1.75. The minimum Gasteiger partial charge on any atom is -0.867 e. The van der Waals surface area contributed by atoms with E-state index in [0.29, 0.717) is 11.3 Å². The summed E-state index contributed by atoms with van der Waals surface area (Å²) in [5, 5.41) is 15.4. The van der Waals surface area contributed by atoms with E-state index in [2.05, 4.69) is 9.68 Å². The highest BCUT2D eigenvalue weighted by Crippen LogP contribution is 2.29. The Bertz CT molecular complexity index is 704. The number of esters is 1. The molecule has 2 aromatic rings. The number of ether oxygens (including phenoxy) is 2. The van der Waals surface area contributed by atoms with Gasteiger partial charge in [0, 0.05) is 5.56 Å². The molecule has 1 aromatic heterocycles. The molecule has 7 nitrogen and oxygen atoms in total. The molecule has 1 heterocycles. The average molecular weight is 290 g/mol. The lowest BCUT2D eigenvalue weighted by Crippen LogP contribution is -2.17. The molecule has 0 radical (unpaired) electrons. The van der Waals surface area contributed by atoms with Gasteiger partial charge in [-0.25, -0.2) is 9.59 Å². The lowest BCUT2D eigenvalue weighted by Gasteiger charge is -2.14. The van der Waals surface area contributed by atoms with E-state index < -0.39 is 17.3 Å². The Kier molecular flexibility index (Phi) is 4.22. The van der Waals surface area contributed by atoms with Crippen LogP contribution in [-0.2, 0) is 4.74 Å². The van der Waals surface area contributed by atoms with Crippen molar-refractivity contribution in [3.05, 3.63) is 40.4 Å². The first kappa shape index (κ1) is 14.6. The fraction of sp³-hybridized carbons (Fsp3) is 0.214. The van der Waals surface area contributed by atoms with Crippen molar-refractivity contribution in [2.75, 3.05) is 13.7 Å². The van der Waals surface area contributed by atoms with Crippen LogP contribution in [0.3, 0.4) is 0 Å². The van der Waals surface area contributed by atoms with Gasteiger partial charge in [0.2, 0.25) is 0 Å². The van der Waals surface area contributed by atoms with Crippen LogP contribution in [0, 0.1) is 0 Å². The van der Waals surface area contributed by atoms with Crippen molar-refractivity contribution in [3.63, 3.8) is 0 Å². The van der Waals surface area contributed by atoms with E-state index in [1.807, 2.05) is 0 Å². The van der Waals surface area contributed by atoms with Gasteiger partial charge in [-0.15, -0.1) is 0 Å². The third kappa shape index (κ3) is 2.86. The minimum atomic E-state index is -1.14. The number of rotatable bonds is 4. The normalized spacial score (nSPS) is 10.2. The number of hydrogen-bond acceptors (Lipinski definition) is 7. The molecule has 0 N–H and O–H groups in total. The second-order valence-corrected chi connectivity index (χ2v) is 3.97. The van der Waals surface area contributed by atoms with Crippen molar-refractivity contribution in [2.24, 2.45) is 0 Å². The summed E-state index contributed by atoms with van der Waals surface area (Å²) in [7, 11) is 1.50. The molecule has 0 aliphatic carbocycles. The summed E-state index contributed by atoms with van der Waals surface area (Å²) in [6.07, 6.45) is 0. The first-order valence-electron chi connectivity index (χ1n) is 6.11. The zero-order valence-electron chi connectivity index (χ0n) is 11.4. The molecular weight excluding hydrogens is 278 g/mol. The number of carbonyl (C=O) groups excluding carboxylic acids is 1. The summed E-state index contributed by atoms with van der Waals surface area (Å²) in [4.78, 5) is 23.2. The molecule has 0 spiro atoms. The van der Waals surface area contributed by atoms with Crippen LogP contribution in [0.15, 0.2) is 33.6 Å². The standard InChI is InChI=1S/C14H13NO6/c1-3-20-13(17)11-10(12(16)14(18)21-15-11)8-4-6-9(19-2)7-5-8/h4-7,16H,3H2,1-2H3/p-1. The van der Waals surface area contributed by atoms with Crippen LogP contribution in [0.1, 0.15) is 17.4 Å². The van der Waals surface area contributed by atoms with Crippen LogP contribution in [0.2, 0.25) is 0 Å². The van der Waals surface area contributed by atoms with Crippen molar-refractivity contribution in [1.82, 2.24) is 5.16 Å². The maximum Gasteiger partial charge on any atom is 0.361 e. The SMILES string of the molecule is CCOC(=O)c1noc(=O)c([O-])c1-c1ccc(OC)cc1. The molecule has 0 aliphatic rings. The first-order valence-corrected chi connectivity index (χ1v) is 6.11. The van der Waals surface area contributed by atoms with E-state index in [4.69, 9.17) is 9.47 Å². The second-order valence-electron chi connectivity index (χ2n) is 3.97. The molecule has 0 saturated heterocycles. The summed E-state index contributed by atoms with van der Waals surface area (Å²) < 4.78 is 14.1. The molecule has 0 fully saturated rings. The van der Waals surface area contributed by atoms with Gasteiger partial charge in [-0.05, 0) is 30.4 Å². The zero-order chi connectivity index (χ0) is 15.4. The monoisotopic (exact) mass is 290 g/mol. The van der Waals surface area contributed by atoms with Gasteiger partial charge in [-0.3, -0.25) is 0 Å². The number of methoxy groups -OCH3 is 1. The predicted molar refractivity (Wildman–Crippen MR) is 70.2 cm³/mol. The Balaban J connectivity index is 2.61. The van der Waals surface area contributed by atoms with Gasteiger partial charge in [0.1, 0.15) is 5.75 Å². The number of nitrogens with zero attached hydrogens (tertiary/aromatic N) is 1. The summed E-state index contributed by atoms with van der Waals surface area (Å²) in [6, 6.07) is 6.27. The van der Waals surface area contributed by atoms with E-state index in [0.717, 1.165) is 0 Å². The molecule has 21 heavy (non-hydrogen) atoms. The fourth-order valence-corrected chi connectivity index (χ4v) is 1.75. The van der Waals surface area contributed by atoms with Crippen LogP contribution in [0.5, 0.6) is 11.5 Å². The van der Waals surface area contributed by atoms with Gasteiger partial charge < -0.3 is 19.1 Å². The van der Waals surface area contributed by atoms with Gasteiger partial charge in [0.05, 0.1) is 13.7 Å². The quantitative estimate of drug-likeness (QED) is 0.773. The Hall–Kier alpha value is -2.83. The van der Waals surface area contributed by atoms with E-state index >= 15 is 0 Å². The highest BCUT2D eigenvalue weighted by Gasteiger charge is 2.19. The summed E-state index contributed by atoms with van der Waals surface area (Å²) in [5.41, 5.74) is -1.27. The van der Waals surface area contributed by atoms with Crippen LogP contribution >= 0.6 is 0 Å². The zero-order valence-corrected chi connectivity index (χ0v) is 11.4. The molecule has 0 saturated carbocycles. The molecule has 0 bridgehead atoms. The van der Waals surface area contributed by atoms with Gasteiger partial charge in [0.15, 0.2) is 5.69 Å². The minimum absolute atomic E-state index is 0.107. The van der Waals surface area contributed by atoms with Crippen LogP contribution < -0.4 is 15.5 Å². The highest BCUT2D eigenvalue weighted by molar-refractivity contribution is 5.96. The topological polar surface area (TPSA) is 102 Å². The number of hydrogen-bond donors (Lipinski definition) is 0. The lowest BCUT2D eigenvalue weighted by molar-refractivity contribution is -0.271. The molecule has 1 aromatic carbocycles. The van der Waals surface area contributed by atoms with Gasteiger partial charge in [-0.1, -0.05) is 17.3 Å². The summed E-state index contributed by atoms with van der Waals surface area (Å²) in [5.74, 6) is -1.21. The van der Waals surface area contributed by atoms with Crippen molar-refractivity contribution in [1.29, 1.82) is 0 Å². The molecule has 0 amide bonds. The van der Waals surface area contributed by atoms with E-state index in [9.17, 15) is 14.7 Å². The van der Waals surface area contributed by atoms with Gasteiger partial charge in [0.25, 0.3) is 0 Å². The maximum absolute atomic E-state index is 12.0. The van der Waals surface area contributed by atoms with Gasteiger partial charge in [-0.2, -0.15) is 0 Å². The highest BCUT2D eigenvalue weighted by atomic mass is 16.5. The number of benzene rings is 1. The predicted octanol–water partition coefficient (Wildman–Crippen LogP) is 0.961. The van der Waals surface area contributed by atoms with Crippen molar-refractivity contribution >= 4 is 5.97 Å². The molecule has 7 heteroatoms. The van der Waals surface area contributed by atoms with Crippen LogP contribution in [0.4, 0.5) is 0 Å². The van der Waals surface area contributed by atoms with Crippen molar-refractivity contribution in [2.45, 2.75) is 6.92 Å². The number of aromatic nitrogens is 1. The Labute approximate surface area is 119 Å². The molecule has 0 aliphatic heterocycles. The number of carbonyl (C=O) groups is 1. The molecular formula is C14H12NO6-. The molecule has 0 atom stereocenters. The average Bonchev–Trinajstić information content (AvgIpc) is 2.50. The smallest absolute Gasteiger partial charge is 0.361 e. The molecule has 0 unspecified atom stereocenters. The first-order chi connectivity index (χ1) is 10.1. The van der Waals surface area contributed by atoms with E-state index in [-0.39, 0.29) is 17.9 Å². The van der Waals surface area contributed by atoms with E-state index in [1.165, 1.54) is 7.11 Å². The van der Waals surface area contributed by atoms with E-state index in [1.54, 1.807) is 31.2 Å². The summed E-state index contributed by atoms with van der Waals surface area (Å²) >= 11 is 0. The Morgan fingerprint density at radius 3 is 2.57 bits per heavy atom. The van der Waals surface area contributed by atoms with Gasteiger partial charge >= 0.3 is 11.6 Å². The largest absolute Gasteiger partial charge is 0.867 e. The third-order valence-corrected chi connectivity index (χ3v) is 2.72. The Morgan fingerprint density at radius 2 is 2.00 bits per heavy atom.